The van der Waals surface area contributed by atoms with E-state index >= 15 is 0 Å². The van der Waals surface area contributed by atoms with Crippen molar-refractivity contribution in [3.05, 3.63) is 48.4 Å². The molecule has 2 heterocycles. The van der Waals surface area contributed by atoms with Crippen LogP contribution in [0.15, 0.2) is 41.4 Å². The summed E-state index contributed by atoms with van der Waals surface area (Å²) >= 11 is 0. The molecule has 2 rings (SSSR count). The van der Waals surface area contributed by atoms with Crippen molar-refractivity contribution >= 4 is 5.91 Å². The maximum Gasteiger partial charge on any atom is 0.253 e. The van der Waals surface area contributed by atoms with Crippen LogP contribution in [0.25, 0.3) is 0 Å². The summed E-state index contributed by atoms with van der Waals surface area (Å²) < 4.78 is 4.98. The molecule has 0 spiro atoms. The first kappa shape index (κ1) is 9.39. The van der Waals surface area contributed by atoms with Gasteiger partial charge in [0.05, 0.1) is 18.3 Å². The van der Waals surface area contributed by atoms with Crippen LogP contribution in [0, 0.1) is 0 Å². The predicted octanol–water partition coefficient (Wildman–Crippen LogP) is 1.000. The highest BCUT2D eigenvalue weighted by molar-refractivity contribution is 5.93. The molecule has 15 heavy (non-hydrogen) atoms. The molecule has 0 fully saturated rings. The molecule has 2 aromatic rings. The number of nitrogens with zero attached hydrogens (tertiary/aromatic N) is 2. The van der Waals surface area contributed by atoms with Crippen molar-refractivity contribution in [1.82, 2.24) is 15.3 Å². The molecular formula is C10H9N3O2. The second-order valence-electron chi connectivity index (χ2n) is 2.85. The number of hydrogen-bond donors (Lipinski definition) is 1. The molecule has 0 aliphatic heterocycles. The van der Waals surface area contributed by atoms with E-state index in [0.29, 0.717) is 11.5 Å². The van der Waals surface area contributed by atoms with Crippen LogP contribution in [0.2, 0.25) is 0 Å². The summed E-state index contributed by atoms with van der Waals surface area (Å²) in [5, 5.41) is 2.67. The SMILES string of the molecule is O=C(NCc1ncco1)c1cccnc1. The molecule has 0 aliphatic rings. The first-order chi connectivity index (χ1) is 7.36. The predicted molar refractivity (Wildman–Crippen MR) is 51.9 cm³/mol. The normalized spacial score (nSPS) is 9.87. The highest BCUT2D eigenvalue weighted by atomic mass is 16.3. The summed E-state index contributed by atoms with van der Waals surface area (Å²) in [6.45, 7) is 0.278. The molecule has 5 nitrogen and oxygen atoms in total. The van der Waals surface area contributed by atoms with Crippen LogP contribution >= 0.6 is 0 Å². The van der Waals surface area contributed by atoms with E-state index in [1.54, 1.807) is 18.3 Å². The molecule has 0 saturated heterocycles. The average Bonchev–Trinajstić information content (AvgIpc) is 2.80. The van der Waals surface area contributed by atoms with E-state index in [4.69, 9.17) is 4.42 Å². The molecular weight excluding hydrogens is 194 g/mol. The van der Waals surface area contributed by atoms with Gasteiger partial charge in [0, 0.05) is 12.4 Å². The number of nitrogens with one attached hydrogen (secondary N) is 1. The zero-order valence-electron chi connectivity index (χ0n) is 7.88. The van der Waals surface area contributed by atoms with Crippen molar-refractivity contribution in [3.8, 4) is 0 Å². The molecule has 1 amide bonds. The molecule has 0 unspecified atom stereocenters. The van der Waals surface area contributed by atoms with Gasteiger partial charge >= 0.3 is 0 Å². The maximum absolute atomic E-state index is 11.5. The molecule has 5 heteroatoms. The van der Waals surface area contributed by atoms with Crippen LogP contribution in [-0.2, 0) is 6.54 Å². The fourth-order valence-electron chi connectivity index (χ4n) is 1.10. The number of pyridine rings is 1. The van der Waals surface area contributed by atoms with E-state index < -0.39 is 0 Å². The molecule has 0 aromatic carbocycles. The molecule has 0 bridgehead atoms. The van der Waals surface area contributed by atoms with Gasteiger partial charge in [-0.2, -0.15) is 0 Å². The second kappa shape index (κ2) is 4.36. The smallest absolute Gasteiger partial charge is 0.253 e. The number of oxazole rings is 1. The summed E-state index contributed by atoms with van der Waals surface area (Å²) in [5.41, 5.74) is 0.518. The van der Waals surface area contributed by atoms with Crippen LogP contribution in [-0.4, -0.2) is 15.9 Å². The minimum atomic E-state index is -0.193. The van der Waals surface area contributed by atoms with Gasteiger partial charge in [0.1, 0.15) is 6.26 Å². The Morgan fingerprint density at radius 2 is 2.40 bits per heavy atom. The Labute approximate surface area is 86.2 Å². The van der Waals surface area contributed by atoms with E-state index in [-0.39, 0.29) is 12.5 Å². The van der Waals surface area contributed by atoms with Crippen molar-refractivity contribution in [3.63, 3.8) is 0 Å². The zero-order valence-corrected chi connectivity index (χ0v) is 7.88. The second-order valence-corrected chi connectivity index (χ2v) is 2.85. The summed E-state index contributed by atoms with van der Waals surface area (Å²) in [7, 11) is 0. The lowest BCUT2D eigenvalue weighted by Gasteiger charge is -2.01. The first-order valence-electron chi connectivity index (χ1n) is 4.43. The standard InChI is InChI=1S/C10H9N3O2/c14-10(8-2-1-3-11-6-8)13-7-9-12-4-5-15-9/h1-6H,7H2,(H,13,14). The Balaban J connectivity index is 1.94. The molecule has 0 radical (unpaired) electrons. The Morgan fingerprint density at radius 3 is 3.07 bits per heavy atom. The fraction of sp³-hybridized carbons (Fsp3) is 0.100. The van der Waals surface area contributed by atoms with Gasteiger partial charge in [-0.25, -0.2) is 4.98 Å². The van der Waals surface area contributed by atoms with Crippen molar-refractivity contribution in [1.29, 1.82) is 0 Å². The highest BCUT2D eigenvalue weighted by Gasteiger charge is 2.05. The number of rotatable bonds is 3. The van der Waals surface area contributed by atoms with Gasteiger partial charge in [-0.1, -0.05) is 0 Å². The third-order valence-electron chi connectivity index (χ3n) is 1.81. The summed E-state index contributed by atoms with van der Waals surface area (Å²) in [6, 6.07) is 3.40. The molecule has 0 atom stereocenters. The van der Waals surface area contributed by atoms with Crippen molar-refractivity contribution in [2.24, 2.45) is 0 Å². The fourth-order valence-corrected chi connectivity index (χ4v) is 1.10. The van der Waals surface area contributed by atoms with Gasteiger partial charge < -0.3 is 9.73 Å². The number of hydrogen-bond acceptors (Lipinski definition) is 4. The van der Waals surface area contributed by atoms with E-state index in [9.17, 15) is 4.79 Å². The van der Waals surface area contributed by atoms with E-state index in [1.165, 1.54) is 18.7 Å². The molecule has 1 N–H and O–H groups in total. The Bertz CT molecular complexity index is 425. The number of carbonyl (C=O) groups excluding carboxylic acids is 1. The quantitative estimate of drug-likeness (QED) is 0.808. The highest BCUT2D eigenvalue weighted by Crippen LogP contribution is 1.97. The topological polar surface area (TPSA) is 68.0 Å². The maximum atomic E-state index is 11.5. The van der Waals surface area contributed by atoms with Crippen LogP contribution in [0.1, 0.15) is 16.2 Å². The summed E-state index contributed by atoms with van der Waals surface area (Å²) in [6.07, 6.45) is 6.12. The van der Waals surface area contributed by atoms with Gasteiger partial charge in [-0.15, -0.1) is 0 Å². The Hall–Kier alpha value is -2.17. The van der Waals surface area contributed by atoms with Gasteiger partial charge in [0.2, 0.25) is 5.89 Å². The lowest BCUT2D eigenvalue weighted by Crippen LogP contribution is -2.22. The van der Waals surface area contributed by atoms with Crippen LogP contribution in [0.4, 0.5) is 0 Å². The van der Waals surface area contributed by atoms with E-state index in [0.717, 1.165) is 0 Å². The lowest BCUT2D eigenvalue weighted by molar-refractivity contribution is 0.0947. The van der Waals surface area contributed by atoms with Crippen molar-refractivity contribution in [2.75, 3.05) is 0 Å². The molecule has 0 saturated carbocycles. The van der Waals surface area contributed by atoms with E-state index in [1.807, 2.05) is 0 Å². The Kier molecular flexibility index (Phi) is 2.73. The largest absolute Gasteiger partial charge is 0.447 e. The van der Waals surface area contributed by atoms with Crippen LogP contribution in [0.5, 0.6) is 0 Å². The minimum absolute atomic E-state index is 0.193. The van der Waals surface area contributed by atoms with Gasteiger partial charge in [-0.05, 0) is 12.1 Å². The molecule has 0 aliphatic carbocycles. The average molecular weight is 203 g/mol. The lowest BCUT2D eigenvalue weighted by atomic mass is 10.3. The van der Waals surface area contributed by atoms with Gasteiger partial charge in [-0.3, -0.25) is 9.78 Å². The third-order valence-corrected chi connectivity index (χ3v) is 1.81. The zero-order chi connectivity index (χ0) is 10.5. The van der Waals surface area contributed by atoms with E-state index in [2.05, 4.69) is 15.3 Å². The van der Waals surface area contributed by atoms with Crippen molar-refractivity contribution < 1.29 is 9.21 Å². The van der Waals surface area contributed by atoms with Gasteiger partial charge in [0.15, 0.2) is 0 Å². The monoisotopic (exact) mass is 203 g/mol. The Morgan fingerprint density at radius 1 is 1.47 bits per heavy atom. The number of aromatic nitrogens is 2. The number of amides is 1. The first-order valence-corrected chi connectivity index (χ1v) is 4.43. The van der Waals surface area contributed by atoms with Crippen LogP contribution < -0.4 is 5.32 Å². The summed E-state index contributed by atoms with van der Waals surface area (Å²) in [5.74, 6) is 0.286. The summed E-state index contributed by atoms with van der Waals surface area (Å²) in [4.78, 5) is 19.3. The van der Waals surface area contributed by atoms with Crippen molar-refractivity contribution in [2.45, 2.75) is 6.54 Å². The van der Waals surface area contributed by atoms with Crippen LogP contribution in [0.3, 0.4) is 0 Å². The molecule has 2 aromatic heterocycles. The minimum Gasteiger partial charge on any atom is -0.447 e. The third kappa shape index (κ3) is 2.40. The molecule has 76 valence electrons. The van der Waals surface area contributed by atoms with Gasteiger partial charge in [0.25, 0.3) is 5.91 Å². The number of carbonyl (C=O) groups is 1.